The van der Waals surface area contributed by atoms with Gasteiger partial charge in [0.25, 0.3) is 5.56 Å². The highest BCUT2D eigenvalue weighted by molar-refractivity contribution is 5.69. The van der Waals surface area contributed by atoms with E-state index < -0.39 is 5.97 Å². The van der Waals surface area contributed by atoms with Gasteiger partial charge in [-0.1, -0.05) is 0 Å². The Kier molecular flexibility index (Phi) is 4.90. The van der Waals surface area contributed by atoms with Crippen molar-refractivity contribution in [2.75, 3.05) is 13.7 Å². The number of nitrogens with zero attached hydrogens (tertiary/aromatic N) is 1. The molecule has 0 saturated heterocycles. The second-order valence-corrected chi connectivity index (χ2v) is 3.93. The molecule has 0 spiro atoms. The number of hydrogen-bond acceptors (Lipinski definition) is 4. The Morgan fingerprint density at radius 1 is 1.53 bits per heavy atom. The van der Waals surface area contributed by atoms with Gasteiger partial charge in [-0.3, -0.25) is 9.59 Å². The van der Waals surface area contributed by atoms with Gasteiger partial charge in [-0.05, 0) is 25.5 Å². The lowest BCUT2D eigenvalue weighted by molar-refractivity contribution is -0.151. The molecule has 94 valence electrons. The van der Waals surface area contributed by atoms with Crippen molar-refractivity contribution in [1.82, 2.24) is 4.57 Å². The number of aryl methyl sites for hydroxylation is 1. The highest BCUT2D eigenvalue weighted by Crippen LogP contribution is 1.95. The molecule has 0 bridgehead atoms. The van der Waals surface area contributed by atoms with Crippen molar-refractivity contribution >= 4 is 5.97 Å². The fraction of sp³-hybridized carbons (Fsp3) is 0.500. The number of carbonyl (C=O) groups is 1. The van der Waals surface area contributed by atoms with Gasteiger partial charge < -0.3 is 14.0 Å². The summed E-state index contributed by atoms with van der Waals surface area (Å²) < 4.78 is 11.2. The van der Waals surface area contributed by atoms with Gasteiger partial charge >= 0.3 is 5.97 Å². The van der Waals surface area contributed by atoms with Crippen molar-refractivity contribution in [3.05, 3.63) is 34.2 Å². The van der Waals surface area contributed by atoms with Crippen molar-refractivity contribution in [2.24, 2.45) is 0 Å². The lowest BCUT2D eigenvalue weighted by Crippen LogP contribution is -2.27. The number of methoxy groups -OCH3 is 1. The number of pyridine rings is 1. The molecule has 0 saturated carbocycles. The molecule has 5 heteroatoms. The lowest BCUT2D eigenvalue weighted by Gasteiger charge is -2.12. The first-order valence-electron chi connectivity index (χ1n) is 5.38. The van der Waals surface area contributed by atoms with Crippen LogP contribution in [0.3, 0.4) is 0 Å². The van der Waals surface area contributed by atoms with Crippen LogP contribution in [0.4, 0.5) is 0 Å². The number of rotatable bonds is 5. The molecule has 1 heterocycles. The molecule has 1 aromatic rings. The van der Waals surface area contributed by atoms with Crippen LogP contribution in [0.15, 0.2) is 23.1 Å². The summed E-state index contributed by atoms with van der Waals surface area (Å²) in [5.74, 6) is -0.444. The van der Waals surface area contributed by atoms with E-state index in [0.29, 0.717) is 6.61 Å². The van der Waals surface area contributed by atoms with Gasteiger partial charge in [0, 0.05) is 19.4 Å². The Labute approximate surface area is 100.0 Å². The molecule has 5 nitrogen and oxygen atoms in total. The van der Waals surface area contributed by atoms with Crippen molar-refractivity contribution in [2.45, 2.75) is 26.5 Å². The molecule has 1 aromatic heterocycles. The molecule has 0 amide bonds. The zero-order chi connectivity index (χ0) is 12.8. The predicted octanol–water partition coefficient (Wildman–Crippen LogP) is 0.735. The minimum atomic E-state index is -0.444. The van der Waals surface area contributed by atoms with E-state index in [4.69, 9.17) is 9.47 Å². The van der Waals surface area contributed by atoms with E-state index in [0.717, 1.165) is 5.56 Å². The first kappa shape index (κ1) is 13.4. The molecule has 1 rings (SSSR count). The second kappa shape index (κ2) is 6.20. The average molecular weight is 239 g/mol. The molecule has 0 aliphatic rings. The third-order valence-electron chi connectivity index (χ3n) is 2.19. The quantitative estimate of drug-likeness (QED) is 0.711. The average Bonchev–Trinajstić information content (AvgIpc) is 2.22. The van der Waals surface area contributed by atoms with Crippen LogP contribution in [-0.2, 0) is 20.8 Å². The Hall–Kier alpha value is -1.62. The summed E-state index contributed by atoms with van der Waals surface area (Å²) in [5.41, 5.74) is 0.661. The van der Waals surface area contributed by atoms with Crippen molar-refractivity contribution in [3.8, 4) is 0 Å². The normalized spacial score (nSPS) is 12.2. The van der Waals surface area contributed by atoms with Crippen molar-refractivity contribution < 1.29 is 14.3 Å². The molecule has 0 fully saturated rings. The molecule has 1 unspecified atom stereocenters. The minimum Gasteiger partial charge on any atom is -0.459 e. The Morgan fingerprint density at radius 3 is 2.82 bits per heavy atom. The van der Waals surface area contributed by atoms with Gasteiger partial charge in [0.1, 0.15) is 12.6 Å². The molecule has 0 aliphatic carbocycles. The number of ether oxygens (including phenoxy) is 2. The summed E-state index contributed by atoms with van der Waals surface area (Å²) in [5, 5.41) is 0. The molecular weight excluding hydrogens is 222 g/mol. The van der Waals surface area contributed by atoms with E-state index >= 15 is 0 Å². The second-order valence-electron chi connectivity index (χ2n) is 3.93. The number of carbonyl (C=O) groups excluding carboxylic acids is 1. The molecule has 0 N–H and O–H groups in total. The maximum Gasteiger partial charge on any atom is 0.326 e. The SMILES string of the molecule is COCC(C)OC(=O)Cn1ccc(C)cc1=O. The van der Waals surface area contributed by atoms with Crippen LogP contribution in [0.25, 0.3) is 0 Å². The van der Waals surface area contributed by atoms with Gasteiger partial charge in [-0.15, -0.1) is 0 Å². The van der Waals surface area contributed by atoms with E-state index in [9.17, 15) is 9.59 Å². The highest BCUT2D eigenvalue weighted by Gasteiger charge is 2.10. The van der Waals surface area contributed by atoms with Gasteiger partial charge in [0.2, 0.25) is 0 Å². The van der Waals surface area contributed by atoms with Crippen molar-refractivity contribution in [1.29, 1.82) is 0 Å². The molecule has 0 aliphatic heterocycles. The number of esters is 1. The van der Waals surface area contributed by atoms with E-state index in [1.165, 1.54) is 17.7 Å². The Balaban J connectivity index is 2.59. The van der Waals surface area contributed by atoms with Crippen LogP contribution in [0.1, 0.15) is 12.5 Å². The number of aromatic nitrogens is 1. The molecule has 17 heavy (non-hydrogen) atoms. The van der Waals surface area contributed by atoms with Crippen LogP contribution in [0, 0.1) is 6.92 Å². The summed E-state index contributed by atoms with van der Waals surface area (Å²) in [6.45, 7) is 3.83. The molecule has 0 aromatic carbocycles. The summed E-state index contributed by atoms with van der Waals surface area (Å²) in [6.07, 6.45) is 1.27. The largest absolute Gasteiger partial charge is 0.459 e. The molecular formula is C12H17NO4. The van der Waals surface area contributed by atoms with Crippen LogP contribution < -0.4 is 5.56 Å². The summed E-state index contributed by atoms with van der Waals surface area (Å²) in [6, 6.07) is 3.25. The van der Waals surface area contributed by atoms with Gasteiger partial charge in [0.05, 0.1) is 6.61 Å². The first-order chi connectivity index (χ1) is 8.02. The fourth-order valence-corrected chi connectivity index (χ4v) is 1.41. The fourth-order valence-electron chi connectivity index (χ4n) is 1.41. The smallest absolute Gasteiger partial charge is 0.326 e. The summed E-state index contributed by atoms with van der Waals surface area (Å²) in [4.78, 5) is 23.0. The van der Waals surface area contributed by atoms with Crippen LogP contribution in [-0.4, -0.2) is 30.4 Å². The topological polar surface area (TPSA) is 57.5 Å². The van der Waals surface area contributed by atoms with Crippen LogP contribution >= 0.6 is 0 Å². The lowest BCUT2D eigenvalue weighted by atomic mass is 10.3. The highest BCUT2D eigenvalue weighted by atomic mass is 16.6. The van der Waals surface area contributed by atoms with Gasteiger partial charge in [-0.2, -0.15) is 0 Å². The van der Waals surface area contributed by atoms with E-state index in [-0.39, 0.29) is 18.2 Å². The van der Waals surface area contributed by atoms with Crippen LogP contribution in [0.5, 0.6) is 0 Å². The third kappa shape index (κ3) is 4.40. The molecule has 1 atom stereocenters. The maximum absolute atomic E-state index is 11.5. The predicted molar refractivity (Wildman–Crippen MR) is 62.9 cm³/mol. The Bertz CT molecular complexity index is 438. The summed E-state index contributed by atoms with van der Waals surface area (Å²) in [7, 11) is 1.54. The zero-order valence-corrected chi connectivity index (χ0v) is 10.3. The first-order valence-corrected chi connectivity index (χ1v) is 5.38. The van der Waals surface area contributed by atoms with Crippen LogP contribution in [0.2, 0.25) is 0 Å². The number of hydrogen-bond donors (Lipinski definition) is 0. The van der Waals surface area contributed by atoms with Crippen molar-refractivity contribution in [3.63, 3.8) is 0 Å². The summed E-state index contributed by atoms with van der Waals surface area (Å²) >= 11 is 0. The van der Waals surface area contributed by atoms with Gasteiger partial charge in [-0.25, -0.2) is 0 Å². The third-order valence-corrected chi connectivity index (χ3v) is 2.19. The van der Waals surface area contributed by atoms with Gasteiger partial charge in [0.15, 0.2) is 0 Å². The Morgan fingerprint density at radius 2 is 2.24 bits per heavy atom. The zero-order valence-electron chi connectivity index (χ0n) is 10.3. The monoisotopic (exact) mass is 239 g/mol. The minimum absolute atomic E-state index is 0.0762. The molecule has 0 radical (unpaired) electrons. The van der Waals surface area contributed by atoms with E-state index in [2.05, 4.69) is 0 Å². The standard InChI is InChI=1S/C12H17NO4/c1-9-4-5-13(11(14)6-9)7-12(15)17-10(2)8-16-3/h4-6,10H,7-8H2,1-3H3. The van der Waals surface area contributed by atoms with E-state index in [1.54, 1.807) is 19.2 Å². The maximum atomic E-state index is 11.5. The van der Waals surface area contributed by atoms with E-state index in [1.807, 2.05) is 6.92 Å².